The predicted molar refractivity (Wildman–Crippen MR) is 63.3 cm³/mol. The average molecular weight is 247 g/mol. The molecule has 1 aliphatic heterocycles. The normalized spacial score (nSPS) is 17.3. The molecular formula is C11H19ClN2O2. The number of carbonyl (C=O) groups excluding carboxylic acids is 2. The van der Waals surface area contributed by atoms with Crippen molar-refractivity contribution in [1.29, 1.82) is 0 Å². The molecule has 0 N–H and O–H groups in total. The fraction of sp³-hybridized carbons (Fsp3) is 0.818. The van der Waals surface area contributed by atoms with Crippen molar-refractivity contribution >= 4 is 23.4 Å². The second-order valence-corrected chi connectivity index (χ2v) is 4.41. The maximum absolute atomic E-state index is 11.9. The molecule has 0 atom stereocenters. The highest BCUT2D eigenvalue weighted by Gasteiger charge is 2.28. The van der Waals surface area contributed by atoms with Gasteiger partial charge in [0.2, 0.25) is 11.8 Å². The Morgan fingerprint density at radius 3 is 2.38 bits per heavy atom. The molecule has 1 fully saturated rings. The monoisotopic (exact) mass is 246 g/mol. The molecule has 0 radical (unpaired) electrons. The fourth-order valence-electron chi connectivity index (χ4n) is 1.93. The van der Waals surface area contributed by atoms with Crippen molar-refractivity contribution in [2.24, 2.45) is 5.92 Å². The molecule has 1 saturated heterocycles. The van der Waals surface area contributed by atoms with Crippen molar-refractivity contribution in [3.63, 3.8) is 0 Å². The standard InChI is InChI=1S/C11H19ClN2O2/c1-3-13(2)11(16)9-4-6-14(7-5-9)10(15)8-12/h9H,3-8H2,1-2H3. The first kappa shape index (κ1) is 13.3. The lowest BCUT2D eigenvalue weighted by atomic mass is 9.95. The number of hydrogen-bond donors (Lipinski definition) is 0. The highest BCUT2D eigenvalue weighted by molar-refractivity contribution is 6.27. The number of carbonyl (C=O) groups is 2. The molecule has 0 aromatic heterocycles. The molecule has 16 heavy (non-hydrogen) atoms. The number of nitrogens with zero attached hydrogens (tertiary/aromatic N) is 2. The summed E-state index contributed by atoms with van der Waals surface area (Å²) >= 11 is 5.49. The second kappa shape index (κ2) is 6.09. The predicted octanol–water partition coefficient (Wildman–Crippen LogP) is 0.942. The van der Waals surface area contributed by atoms with Gasteiger partial charge in [0.05, 0.1) is 0 Å². The van der Waals surface area contributed by atoms with E-state index in [0.29, 0.717) is 13.1 Å². The summed E-state index contributed by atoms with van der Waals surface area (Å²) in [6.07, 6.45) is 1.51. The van der Waals surface area contributed by atoms with Gasteiger partial charge in [0, 0.05) is 32.6 Å². The van der Waals surface area contributed by atoms with Crippen LogP contribution in [0.25, 0.3) is 0 Å². The van der Waals surface area contributed by atoms with Gasteiger partial charge in [-0.1, -0.05) is 0 Å². The third-order valence-corrected chi connectivity index (χ3v) is 3.39. The Morgan fingerprint density at radius 2 is 1.94 bits per heavy atom. The number of piperidine rings is 1. The van der Waals surface area contributed by atoms with Gasteiger partial charge in [-0.3, -0.25) is 9.59 Å². The Bertz CT molecular complexity index is 263. The third kappa shape index (κ3) is 3.11. The minimum Gasteiger partial charge on any atom is -0.346 e. The Kier molecular flexibility index (Phi) is 5.06. The first-order valence-electron chi connectivity index (χ1n) is 5.68. The lowest BCUT2D eigenvalue weighted by Crippen LogP contribution is -2.43. The minimum absolute atomic E-state index is 0.0311. The zero-order valence-electron chi connectivity index (χ0n) is 9.91. The van der Waals surface area contributed by atoms with Gasteiger partial charge in [-0.2, -0.15) is 0 Å². The lowest BCUT2D eigenvalue weighted by molar-refractivity contribution is -0.138. The van der Waals surface area contributed by atoms with Crippen LogP contribution in [0, 0.1) is 5.92 Å². The summed E-state index contributed by atoms with van der Waals surface area (Å²) in [5, 5.41) is 0. The van der Waals surface area contributed by atoms with E-state index in [1.54, 1.807) is 9.80 Å². The molecule has 4 nitrogen and oxygen atoms in total. The highest BCUT2D eigenvalue weighted by Crippen LogP contribution is 2.19. The summed E-state index contributed by atoms with van der Waals surface area (Å²) in [7, 11) is 1.82. The van der Waals surface area contributed by atoms with Crippen molar-refractivity contribution in [2.45, 2.75) is 19.8 Å². The Balaban J connectivity index is 2.43. The Labute approximate surface area is 102 Å². The number of hydrogen-bond acceptors (Lipinski definition) is 2. The zero-order chi connectivity index (χ0) is 12.1. The van der Waals surface area contributed by atoms with Crippen LogP contribution in [-0.2, 0) is 9.59 Å². The van der Waals surface area contributed by atoms with Crippen molar-refractivity contribution in [1.82, 2.24) is 9.80 Å². The molecule has 0 aromatic rings. The van der Waals surface area contributed by atoms with Crippen LogP contribution < -0.4 is 0 Å². The molecular weight excluding hydrogens is 228 g/mol. The van der Waals surface area contributed by atoms with E-state index in [4.69, 9.17) is 11.6 Å². The van der Waals surface area contributed by atoms with Crippen molar-refractivity contribution in [2.75, 3.05) is 32.6 Å². The molecule has 0 spiro atoms. The molecule has 0 saturated carbocycles. The van der Waals surface area contributed by atoms with E-state index in [1.165, 1.54) is 0 Å². The molecule has 0 aromatic carbocycles. The van der Waals surface area contributed by atoms with Gasteiger partial charge >= 0.3 is 0 Å². The van der Waals surface area contributed by atoms with Crippen LogP contribution in [0.3, 0.4) is 0 Å². The Hall–Kier alpha value is -0.770. The number of halogens is 1. The maximum Gasteiger partial charge on any atom is 0.237 e. The SMILES string of the molecule is CCN(C)C(=O)C1CCN(C(=O)CCl)CC1. The van der Waals surface area contributed by atoms with Crippen LogP contribution in [0.4, 0.5) is 0 Å². The molecule has 0 aliphatic carbocycles. The van der Waals surface area contributed by atoms with E-state index >= 15 is 0 Å². The van der Waals surface area contributed by atoms with Crippen LogP contribution in [-0.4, -0.2) is 54.2 Å². The van der Waals surface area contributed by atoms with Crippen LogP contribution in [0.15, 0.2) is 0 Å². The quantitative estimate of drug-likeness (QED) is 0.696. The second-order valence-electron chi connectivity index (χ2n) is 4.14. The molecule has 0 bridgehead atoms. The first-order chi connectivity index (χ1) is 7.60. The number of alkyl halides is 1. The van der Waals surface area contributed by atoms with Gasteiger partial charge in [0.15, 0.2) is 0 Å². The third-order valence-electron chi connectivity index (χ3n) is 3.16. The van der Waals surface area contributed by atoms with Crippen LogP contribution in [0.1, 0.15) is 19.8 Å². The largest absolute Gasteiger partial charge is 0.346 e. The van der Waals surface area contributed by atoms with E-state index < -0.39 is 0 Å². The van der Waals surface area contributed by atoms with Crippen LogP contribution in [0.2, 0.25) is 0 Å². The summed E-state index contributed by atoms with van der Waals surface area (Å²) in [6.45, 7) is 4.00. The molecule has 1 rings (SSSR count). The van der Waals surface area contributed by atoms with Gasteiger partial charge in [0.25, 0.3) is 0 Å². The van der Waals surface area contributed by atoms with E-state index in [9.17, 15) is 9.59 Å². The van der Waals surface area contributed by atoms with E-state index in [0.717, 1.165) is 19.4 Å². The van der Waals surface area contributed by atoms with Crippen LogP contribution >= 0.6 is 11.6 Å². The van der Waals surface area contributed by atoms with Gasteiger partial charge in [-0.15, -0.1) is 11.6 Å². The maximum atomic E-state index is 11.9. The summed E-state index contributed by atoms with van der Waals surface area (Å²) < 4.78 is 0. The smallest absolute Gasteiger partial charge is 0.237 e. The summed E-state index contributed by atoms with van der Waals surface area (Å²) in [5.74, 6) is 0.272. The zero-order valence-corrected chi connectivity index (χ0v) is 10.7. The summed E-state index contributed by atoms with van der Waals surface area (Å²) in [5.41, 5.74) is 0. The van der Waals surface area contributed by atoms with Gasteiger partial charge in [-0.25, -0.2) is 0 Å². The van der Waals surface area contributed by atoms with Crippen molar-refractivity contribution in [3.05, 3.63) is 0 Å². The van der Waals surface area contributed by atoms with Crippen molar-refractivity contribution in [3.8, 4) is 0 Å². The Morgan fingerprint density at radius 1 is 1.38 bits per heavy atom. The van der Waals surface area contributed by atoms with Crippen LogP contribution in [0.5, 0.6) is 0 Å². The van der Waals surface area contributed by atoms with E-state index in [2.05, 4.69) is 0 Å². The molecule has 92 valence electrons. The first-order valence-corrected chi connectivity index (χ1v) is 6.22. The van der Waals surface area contributed by atoms with Gasteiger partial charge < -0.3 is 9.80 Å². The highest BCUT2D eigenvalue weighted by atomic mass is 35.5. The minimum atomic E-state index is -0.0311. The van der Waals surface area contributed by atoms with E-state index in [1.807, 2.05) is 14.0 Å². The molecule has 1 heterocycles. The summed E-state index contributed by atoms with van der Waals surface area (Å²) in [4.78, 5) is 26.7. The number of likely N-dealkylation sites (tertiary alicyclic amines) is 1. The molecule has 1 aliphatic rings. The van der Waals surface area contributed by atoms with E-state index in [-0.39, 0.29) is 23.6 Å². The molecule has 2 amide bonds. The van der Waals surface area contributed by atoms with Crippen molar-refractivity contribution < 1.29 is 9.59 Å². The van der Waals surface area contributed by atoms with Gasteiger partial charge in [-0.05, 0) is 19.8 Å². The lowest BCUT2D eigenvalue weighted by Gasteiger charge is -2.32. The molecule has 5 heteroatoms. The fourth-order valence-corrected chi connectivity index (χ4v) is 2.10. The topological polar surface area (TPSA) is 40.6 Å². The van der Waals surface area contributed by atoms with Gasteiger partial charge in [0.1, 0.15) is 5.88 Å². The number of rotatable bonds is 3. The summed E-state index contributed by atoms with van der Waals surface area (Å²) in [6, 6.07) is 0. The molecule has 0 unspecified atom stereocenters. The number of amides is 2. The average Bonchev–Trinajstić information content (AvgIpc) is 2.36.